The van der Waals surface area contributed by atoms with E-state index in [9.17, 15) is 4.79 Å². The van der Waals surface area contributed by atoms with Crippen LogP contribution < -0.4 is 0 Å². The molecule has 2 heteroatoms. The number of allylic oxidation sites excluding steroid dienone is 6. The predicted molar refractivity (Wildman–Crippen MR) is 86.9 cm³/mol. The van der Waals surface area contributed by atoms with E-state index in [1.807, 2.05) is 0 Å². The maximum Gasteiger partial charge on any atom is 0.303 e. The van der Waals surface area contributed by atoms with Crippen LogP contribution in [0.5, 0.6) is 0 Å². The highest BCUT2D eigenvalue weighted by Crippen LogP contribution is 2.06. The van der Waals surface area contributed by atoms with Gasteiger partial charge in [0.2, 0.25) is 0 Å². The van der Waals surface area contributed by atoms with Crippen molar-refractivity contribution in [2.24, 2.45) is 0 Å². The van der Waals surface area contributed by atoms with Crippen molar-refractivity contribution in [3.63, 3.8) is 0 Å². The fourth-order valence-corrected chi connectivity index (χ4v) is 1.88. The highest BCUT2D eigenvalue weighted by atomic mass is 16.4. The third-order valence-electron chi connectivity index (χ3n) is 3.09. The maximum atomic E-state index is 10.3. The molecule has 0 amide bonds. The molecule has 0 saturated carbocycles. The minimum Gasteiger partial charge on any atom is -0.481 e. The topological polar surface area (TPSA) is 37.3 Å². The van der Waals surface area contributed by atoms with Gasteiger partial charge in [0.25, 0.3) is 0 Å². The summed E-state index contributed by atoms with van der Waals surface area (Å²) in [6.45, 7) is 2.22. The molecule has 0 fully saturated rings. The fourth-order valence-electron chi connectivity index (χ4n) is 1.88. The number of carboxylic acid groups (broad SMARTS) is 1. The summed E-state index contributed by atoms with van der Waals surface area (Å²) in [7, 11) is 0. The second-order valence-corrected chi connectivity index (χ2v) is 5.08. The molecule has 0 aromatic heterocycles. The highest BCUT2D eigenvalue weighted by molar-refractivity contribution is 5.66. The Bertz CT molecular complexity index is 301. The molecule has 0 heterocycles. The van der Waals surface area contributed by atoms with E-state index in [2.05, 4.69) is 43.4 Å². The van der Waals surface area contributed by atoms with E-state index in [0.29, 0.717) is 6.42 Å². The van der Waals surface area contributed by atoms with Crippen LogP contribution in [0.25, 0.3) is 0 Å². The number of carboxylic acids is 1. The van der Waals surface area contributed by atoms with E-state index in [-0.39, 0.29) is 0 Å². The van der Waals surface area contributed by atoms with Crippen LogP contribution >= 0.6 is 0 Å². The van der Waals surface area contributed by atoms with E-state index in [0.717, 1.165) is 32.1 Å². The van der Waals surface area contributed by atoms with Crippen LogP contribution in [0, 0.1) is 0 Å². The van der Waals surface area contributed by atoms with Crippen molar-refractivity contribution in [3.05, 3.63) is 36.5 Å². The molecule has 0 aliphatic rings. The normalized spacial score (nSPS) is 12.1. The summed E-state index contributed by atoms with van der Waals surface area (Å²) in [6.07, 6.45) is 23.3. The fraction of sp³-hybridized carbons (Fsp3) is 0.611. The summed E-state index contributed by atoms with van der Waals surface area (Å²) < 4.78 is 0. The van der Waals surface area contributed by atoms with Gasteiger partial charge in [0, 0.05) is 6.42 Å². The van der Waals surface area contributed by atoms with Crippen LogP contribution in [0.1, 0.15) is 71.1 Å². The molecule has 0 spiro atoms. The molecule has 0 unspecified atom stereocenters. The van der Waals surface area contributed by atoms with Crippen molar-refractivity contribution in [2.75, 3.05) is 0 Å². The van der Waals surface area contributed by atoms with Gasteiger partial charge in [-0.1, -0.05) is 69.1 Å². The Morgan fingerprint density at radius 1 is 0.800 bits per heavy atom. The molecule has 0 rings (SSSR count). The Labute approximate surface area is 124 Å². The Morgan fingerprint density at radius 3 is 1.90 bits per heavy atom. The SMILES string of the molecule is CCCCC/C=C/C=C/C=C/CCCCCCC(=O)O. The molecule has 0 aliphatic carbocycles. The quantitative estimate of drug-likeness (QED) is 0.348. The molecule has 20 heavy (non-hydrogen) atoms. The molecule has 0 radical (unpaired) electrons. The summed E-state index contributed by atoms with van der Waals surface area (Å²) in [4.78, 5) is 10.3. The maximum absolute atomic E-state index is 10.3. The Balaban J connectivity index is 3.32. The van der Waals surface area contributed by atoms with Crippen LogP contribution in [0.2, 0.25) is 0 Å². The minimum atomic E-state index is -0.683. The van der Waals surface area contributed by atoms with E-state index in [4.69, 9.17) is 5.11 Å². The van der Waals surface area contributed by atoms with Gasteiger partial charge in [-0.25, -0.2) is 0 Å². The van der Waals surface area contributed by atoms with Crippen molar-refractivity contribution in [3.8, 4) is 0 Å². The minimum absolute atomic E-state index is 0.309. The van der Waals surface area contributed by atoms with Gasteiger partial charge in [-0.05, 0) is 32.1 Å². The van der Waals surface area contributed by atoms with Crippen LogP contribution in [-0.2, 0) is 4.79 Å². The van der Waals surface area contributed by atoms with Gasteiger partial charge in [0.05, 0.1) is 0 Å². The molecule has 0 aromatic carbocycles. The lowest BCUT2D eigenvalue weighted by atomic mass is 10.1. The number of unbranched alkanes of at least 4 members (excludes halogenated alkanes) is 7. The molecule has 0 bridgehead atoms. The zero-order valence-corrected chi connectivity index (χ0v) is 12.9. The van der Waals surface area contributed by atoms with Crippen LogP contribution in [-0.4, -0.2) is 11.1 Å². The summed E-state index contributed by atoms with van der Waals surface area (Å²) in [5.74, 6) is -0.683. The van der Waals surface area contributed by atoms with E-state index < -0.39 is 5.97 Å². The molecular formula is C18H30O2. The van der Waals surface area contributed by atoms with Gasteiger partial charge in [0.15, 0.2) is 0 Å². The van der Waals surface area contributed by atoms with E-state index >= 15 is 0 Å². The first-order chi connectivity index (χ1) is 9.77. The molecule has 0 aliphatic heterocycles. The van der Waals surface area contributed by atoms with Crippen molar-refractivity contribution in [1.82, 2.24) is 0 Å². The number of aliphatic carboxylic acids is 1. The standard InChI is InChI=1S/C18H30O2/c1-2-3-4-5-6-7-8-9-10-11-12-13-14-15-16-17-18(19)20/h6-11H,2-5,12-17H2,1H3,(H,19,20)/b7-6+,9-8+,11-10+. The van der Waals surface area contributed by atoms with Gasteiger partial charge in [0.1, 0.15) is 0 Å². The van der Waals surface area contributed by atoms with Gasteiger partial charge in [-0.2, -0.15) is 0 Å². The first-order valence-electron chi connectivity index (χ1n) is 7.97. The Morgan fingerprint density at radius 2 is 1.35 bits per heavy atom. The predicted octanol–water partition coefficient (Wildman–Crippen LogP) is 5.66. The third kappa shape index (κ3) is 16.7. The van der Waals surface area contributed by atoms with Gasteiger partial charge < -0.3 is 5.11 Å². The largest absolute Gasteiger partial charge is 0.481 e. The summed E-state index contributed by atoms with van der Waals surface area (Å²) in [6, 6.07) is 0. The van der Waals surface area contributed by atoms with Crippen molar-refractivity contribution in [1.29, 1.82) is 0 Å². The molecule has 2 nitrogen and oxygen atoms in total. The number of rotatable bonds is 13. The summed E-state index contributed by atoms with van der Waals surface area (Å²) in [5.41, 5.74) is 0. The van der Waals surface area contributed by atoms with Crippen LogP contribution in [0.4, 0.5) is 0 Å². The molecular weight excluding hydrogens is 248 g/mol. The van der Waals surface area contributed by atoms with Crippen molar-refractivity contribution in [2.45, 2.75) is 71.1 Å². The number of hydrogen-bond acceptors (Lipinski definition) is 1. The van der Waals surface area contributed by atoms with Crippen molar-refractivity contribution >= 4 is 5.97 Å². The number of hydrogen-bond donors (Lipinski definition) is 1. The lowest BCUT2D eigenvalue weighted by Gasteiger charge is -1.96. The average Bonchev–Trinajstić information content (AvgIpc) is 2.43. The molecule has 0 atom stereocenters. The molecule has 1 N–H and O–H groups in total. The monoisotopic (exact) mass is 278 g/mol. The highest BCUT2D eigenvalue weighted by Gasteiger charge is 1.95. The zero-order chi connectivity index (χ0) is 14.9. The second kappa shape index (κ2) is 15.7. The van der Waals surface area contributed by atoms with Gasteiger partial charge >= 0.3 is 5.97 Å². The Kier molecular flexibility index (Phi) is 14.7. The summed E-state index contributed by atoms with van der Waals surface area (Å²) >= 11 is 0. The van der Waals surface area contributed by atoms with Gasteiger partial charge in [-0.15, -0.1) is 0 Å². The zero-order valence-electron chi connectivity index (χ0n) is 12.9. The van der Waals surface area contributed by atoms with E-state index in [1.54, 1.807) is 0 Å². The molecule has 0 saturated heterocycles. The first kappa shape index (κ1) is 18.7. The van der Waals surface area contributed by atoms with E-state index in [1.165, 1.54) is 25.7 Å². The Hall–Kier alpha value is -1.31. The van der Waals surface area contributed by atoms with Crippen molar-refractivity contribution < 1.29 is 9.90 Å². The molecule has 114 valence electrons. The average molecular weight is 278 g/mol. The molecule has 0 aromatic rings. The van der Waals surface area contributed by atoms with Gasteiger partial charge in [-0.3, -0.25) is 4.79 Å². The van der Waals surface area contributed by atoms with Crippen LogP contribution in [0.3, 0.4) is 0 Å². The third-order valence-corrected chi connectivity index (χ3v) is 3.09. The lowest BCUT2D eigenvalue weighted by molar-refractivity contribution is -0.137. The first-order valence-corrected chi connectivity index (χ1v) is 7.97. The second-order valence-electron chi connectivity index (χ2n) is 5.08. The summed E-state index contributed by atoms with van der Waals surface area (Å²) in [5, 5.41) is 8.49. The van der Waals surface area contributed by atoms with Crippen LogP contribution in [0.15, 0.2) is 36.5 Å². The lowest BCUT2D eigenvalue weighted by Crippen LogP contribution is -1.93. The smallest absolute Gasteiger partial charge is 0.303 e. The number of carbonyl (C=O) groups is 1.